The van der Waals surface area contributed by atoms with Gasteiger partial charge in [0, 0.05) is 47.5 Å². The van der Waals surface area contributed by atoms with Gasteiger partial charge < -0.3 is 36.1 Å². The summed E-state index contributed by atoms with van der Waals surface area (Å²) in [6.07, 6.45) is 21.2. The smallest absolute Gasteiger partial charge is 0.161 e. The zero-order valence-electron chi connectivity index (χ0n) is 28.5. The Hall–Kier alpha value is -3.60. The van der Waals surface area contributed by atoms with Crippen molar-refractivity contribution in [2.24, 2.45) is 29.4 Å². The molecule has 7 N–H and O–H groups in total. The Morgan fingerprint density at radius 3 is 2.62 bits per heavy atom. The molecule has 0 radical (unpaired) electrons. The van der Waals surface area contributed by atoms with E-state index in [0.29, 0.717) is 43.5 Å². The Balaban J connectivity index is 1.22. The van der Waals surface area contributed by atoms with Gasteiger partial charge in [0.25, 0.3) is 0 Å². The maximum absolute atomic E-state index is 11.5. The van der Waals surface area contributed by atoms with Crippen LogP contribution in [0.1, 0.15) is 101 Å². The van der Waals surface area contributed by atoms with Gasteiger partial charge in [-0.1, -0.05) is 75.2 Å². The molecular weight excluding hydrogens is 598 g/mol. The lowest BCUT2D eigenvalue weighted by Crippen LogP contribution is -2.40. The number of hydrogen-bond acceptors (Lipinski definition) is 6. The first-order chi connectivity index (χ1) is 23.4. The van der Waals surface area contributed by atoms with Gasteiger partial charge in [-0.15, -0.1) is 0 Å². The van der Waals surface area contributed by atoms with Crippen LogP contribution in [0.2, 0.25) is 0 Å². The van der Waals surface area contributed by atoms with E-state index in [2.05, 4.69) is 65.5 Å². The van der Waals surface area contributed by atoms with Crippen LogP contribution >= 0.6 is 0 Å². The molecule has 7 heteroatoms. The lowest BCUT2D eigenvalue weighted by molar-refractivity contribution is -0.00705. The highest BCUT2D eigenvalue weighted by Gasteiger charge is 2.43. The van der Waals surface area contributed by atoms with Gasteiger partial charge in [-0.2, -0.15) is 0 Å². The number of aromatic hydroxyl groups is 1. The Labute approximate surface area is 286 Å². The fraction of sp³-hybridized carbons (Fsp3) is 0.561. The number of aromatic nitrogens is 1. The molecule has 48 heavy (non-hydrogen) atoms. The minimum atomic E-state index is -0.698. The summed E-state index contributed by atoms with van der Waals surface area (Å²) in [6.45, 7) is 3.34. The van der Waals surface area contributed by atoms with E-state index in [4.69, 9.17) is 10.5 Å². The van der Waals surface area contributed by atoms with Gasteiger partial charge in [-0.3, -0.25) is 0 Å². The van der Waals surface area contributed by atoms with E-state index in [1.54, 1.807) is 6.07 Å². The molecule has 1 aliphatic heterocycles. The lowest BCUT2D eigenvalue weighted by Gasteiger charge is -2.44. The zero-order chi connectivity index (χ0) is 33.5. The average molecular weight is 654 g/mol. The number of hydrogen-bond donors (Lipinski definition) is 6. The van der Waals surface area contributed by atoms with Crippen molar-refractivity contribution in [3.8, 4) is 23.3 Å². The Kier molecular flexibility index (Phi) is 11.2. The number of dihydropyridines is 1. The highest BCUT2D eigenvalue weighted by Crippen LogP contribution is 2.49. The summed E-state index contributed by atoms with van der Waals surface area (Å²) >= 11 is 0. The fourth-order valence-electron chi connectivity index (χ4n) is 8.91. The minimum Gasteiger partial charge on any atom is -0.504 e. The molecule has 0 bridgehead atoms. The minimum absolute atomic E-state index is 0.0343. The number of benzene rings is 1. The van der Waals surface area contributed by atoms with Crippen molar-refractivity contribution in [1.82, 2.24) is 10.3 Å². The van der Waals surface area contributed by atoms with Crippen LogP contribution in [-0.4, -0.2) is 45.7 Å². The third kappa shape index (κ3) is 7.66. The van der Waals surface area contributed by atoms with Crippen molar-refractivity contribution in [3.63, 3.8) is 0 Å². The van der Waals surface area contributed by atoms with E-state index in [1.807, 2.05) is 18.3 Å². The van der Waals surface area contributed by atoms with Gasteiger partial charge >= 0.3 is 0 Å². The van der Waals surface area contributed by atoms with Crippen LogP contribution in [0.5, 0.6) is 11.5 Å². The number of H-pyrrole nitrogens is 1. The number of nitrogens with one attached hydrogen (secondary N) is 2. The molecule has 1 aromatic heterocycles. The summed E-state index contributed by atoms with van der Waals surface area (Å²) in [5, 5.41) is 36.8. The molecule has 0 unspecified atom stereocenters. The van der Waals surface area contributed by atoms with Crippen LogP contribution in [0, 0.1) is 35.5 Å². The van der Waals surface area contributed by atoms with Crippen molar-refractivity contribution >= 4 is 0 Å². The van der Waals surface area contributed by atoms with Crippen LogP contribution < -0.4 is 15.8 Å². The van der Waals surface area contributed by atoms with E-state index >= 15 is 0 Å². The monoisotopic (exact) mass is 653 g/mol. The highest BCUT2D eigenvalue weighted by molar-refractivity contribution is 5.44. The fourth-order valence-corrected chi connectivity index (χ4v) is 8.91. The molecule has 3 aliphatic carbocycles. The number of aliphatic hydroxyl groups is 2. The molecule has 0 spiro atoms. The number of ether oxygens (including phenoxy) is 1. The third-order valence-electron chi connectivity index (χ3n) is 11.6. The standard InChI is InChI=1S/C41H55N3O4/c1-2-28-9-4-5-10-35(46)40-29(13-12-28)14-15-30(25-36(40)47)31-16-17-34(45)37(26-31)48-24-19-33(32-18-23-44-39(42)27-32)41(20-6-3-7-21-41)38-11-8-22-43-38/h8,11,14-18,22,26-30,33,35-36,40,43-47H,2-7,9-10,19-21,23-25,42H2,1H3/t28-,29+,30+,33+,35-,36+,40+/m0/s1. The lowest BCUT2D eigenvalue weighted by atomic mass is 9.60. The summed E-state index contributed by atoms with van der Waals surface area (Å²) in [7, 11) is 0. The number of aliphatic hydroxyl groups excluding tert-OH is 2. The van der Waals surface area contributed by atoms with Crippen molar-refractivity contribution in [2.45, 2.75) is 108 Å². The SMILES string of the molecule is CC[C@@H]1C#C[C@@H]2C=C[C@@H](c3ccc(O)c(OCC[C@H](C4=CCNC(N)=C4)C4(c5ccc[nH]5)CCCCC4)c3)C[C@@H](O)[C@H]2[C@@H](O)CCCC1. The van der Waals surface area contributed by atoms with Gasteiger partial charge in [0.15, 0.2) is 11.5 Å². The number of nitrogens with two attached hydrogens (primary N) is 1. The number of phenols is 1. The number of rotatable bonds is 9. The quantitative estimate of drug-likeness (QED) is 0.129. The maximum Gasteiger partial charge on any atom is 0.161 e. The summed E-state index contributed by atoms with van der Waals surface area (Å²) < 4.78 is 6.42. The van der Waals surface area contributed by atoms with E-state index in [1.165, 1.54) is 30.5 Å². The molecular formula is C41H55N3O4. The second-order valence-electron chi connectivity index (χ2n) is 14.5. The molecule has 0 amide bonds. The number of phenolic OH excluding ortho intramolecular Hbond substituents is 1. The molecule has 1 saturated carbocycles. The Morgan fingerprint density at radius 2 is 1.85 bits per heavy atom. The molecule has 0 saturated heterocycles. The molecule has 258 valence electrons. The van der Waals surface area contributed by atoms with Gasteiger partial charge in [-0.05, 0) is 92.3 Å². The molecule has 4 aliphatic rings. The largest absolute Gasteiger partial charge is 0.504 e. The van der Waals surface area contributed by atoms with Crippen molar-refractivity contribution < 1.29 is 20.1 Å². The second kappa shape index (κ2) is 15.7. The first kappa shape index (κ1) is 34.3. The predicted octanol–water partition coefficient (Wildman–Crippen LogP) is 6.94. The summed E-state index contributed by atoms with van der Waals surface area (Å²) in [4.78, 5) is 3.56. The third-order valence-corrected chi connectivity index (χ3v) is 11.6. The van der Waals surface area contributed by atoms with Gasteiger partial charge in [0.1, 0.15) is 0 Å². The van der Waals surface area contributed by atoms with Crippen LogP contribution in [0.3, 0.4) is 0 Å². The predicted molar refractivity (Wildman–Crippen MR) is 191 cm³/mol. The maximum atomic E-state index is 11.5. The molecule has 7 nitrogen and oxygen atoms in total. The van der Waals surface area contributed by atoms with Crippen molar-refractivity contribution in [3.05, 3.63) is 83.5 Å². The average Bonchev–Trinajstić information content (AvgIpc) is 3.59. The summed E-state index contributed by atoms with van der Waals surface area (Å²) in [6, 6.07) is 9.87. The molecule has 6 rings (SSSR count). The zero-order valence-corrected chi connectivity index (χ0v) is 28.5. The normalized spacial score (nSPS) is 29.5. The van der Waals surface area contributed by atoms with Crippen molar-refractivity contribution in [2.75, 3.05) is 13.2 Å². The van der Waals surface area contributed by atoms with E-state index in [0.717, 1.165) is 50.5 Å². The first-order valence-electron chi connectivity index (χ1n) is 18.4. The van der Waals surface area contributed by atoms with E-state index in [9.17, 15) is 15.3 Å². The van der Waals surface area contributed by atoms with Gasteiger partial charge in [-0.25, -0.2) is 0 Å². The second-order valence-corrected chi connectivity index (χ2v) is 14.5. The van der Waals surface area contributed by atoms with Gasteiger partial charge in [0.2, 0.25) is 0 Å². The van der Waals surface area contributed by atoms with Crippen LogP contribution in [-0.2, 0) is 5.41 Å². The first-order valence-corrected chi connectivity index (χ1v) is 18.4. The Morgan fingerprint density at radius 1 is 1.02 bits per heavy atom. The molecule has 1 aromatic carbocycles. The Bertz CT molecular complexity index is 1510. The molecule has 2 heterocycles. The van der Waals surface area contributed by atoms with E-state index in [-0.39, 0.29) is 34.8 Å². The topological polar surface area (TPSA) is 124 Å². The van der Waals surface area contributed by atoms with E-state index < -0.39 is 12.2 Å². The van der Waals surface area contributed by atoms with Crippen LogP contribution in [0.15, 0.2) is 72.2 Å². The van der Waals surface area contributed by atoms with Crippen LogP contribution in [0.4, 0.5) is 0 Å². The van der Waals surface area contributed by atoms with Gasteiger partial charge in [0.05, 0.1) is 24.6 Å². The van der Waals surface area contributed by atoms with Crippen molar-refractivity contribution in [1.29, 1.82) is 0 Å². The molecule has 7 atom stereocenters. The molecule has 1 fully saturated rings. The number of allylic oxidation sites excluding steroid dienone is 4. The number of aromatic amines is 1. The summed E-state index contributed by atoms with van der Waals surface area (Å²) in [5.41, 5.74) is 9.74. The molecule has 2 aromatic rings. The van der Waals surface area contributed by atoms with Crippen LogP contribution in [0.25, 0.3) is 0 Å². The number of fused-ring (bicyclic) bond motifs is 1. The highest BCUT2D eigenvalue weighted by atomic mass is 16.5. The summed E-state index contributed by atoms with van der Waals surface area (Å²) in [5.74, 6) is 8.13.